The van der Waals surface area contributed by atoms with Gasteiger partial charge < -0.3 is 33.8 Å². The van der Waals surface area contributed by atoms with Crippen LogP contribution in [0.15, 0.2) is 0 Å². The van der Waals surface area contributed by atoms with Crippen molar-refractivity contribution in [3.63, 3.8) is 0 Å². The van der Waals surface area contributed by atoms with Crippen LogP contribution in [0.1, 0.15) is 465 Å². The summed E-state index contributed by atoms with van der Waals surface area (Å²) in [5.74, 6) is -0.440. The molecule has 0 aliphatic carbocycles. The summed E-state index contributed by atoms with van der Waals surface area (Å²) >= 11 is 0. The summed E-state index contributed by atoms with van der Waals surface area (Å²) in [5.41, 5.74) is 0. The number of esters is 4. The smallest absolute Gasteiger partial charge is 0.462 e. The van der Waals surface area contributed by atoms with Crippen LogP contribution < -0.4 is 0 Å². The lowest BCUT2D eigenvalue weighted by Gasteiger charge is -2.21. The number of rotatable bonds is 86. The molecular weight excluding hydrogens is 1380 g/mol. The number of aliphatic hydroxyl groups is 1. The maximum absolute atomic E-state index is 13.1. The summed E-state index contributed by atoms with van der Waals surface area (Å²) in [6, 6.07) is 0. The Hall–Kier alpha value is -1.94. The van der Waals surface area contributed by atoms with E-state index in [1.165, 1.54) is 270 Å². The zero-order valence-corrected chi connectivity index (χ0v) is 71.5. The molecule has 0 heterocycles. The molecule has 630 valence electrons. The number of carbonyl (C=O) groups excluding carboxylic acids is 4. The van der Waals surface area contributed by atoms with Gasteiger partial charge in [0.25, 0.3) is 0 Å². The SMILES string of the molecule is CCCCCCCCCCCCCCCCCCCCCCC(=O)OC[C@H](COP(=O)(O)OC[C@@H](O)COP(=O)(O)OC[C@@H](COC(=O)CCCCCCCCC)OC(=O)CCCCCCCCCCCCCCCCC(C)C)OC(=O)CCCCCCCCCCCCCCCCCCCCC(C)CC. The molecule has 0 saturated heterocycles. The van der Waals surface area contributed by atoms with Crippen LogP contribution in [-0.2, 0) is 65.4 Å². The Kier molecular flexibility index (Phi) is 76.9. The molecule has 0 fully saturated rings. The van der Waals surface area contributed by atoms with Gasteiger partial charge in [-0.3, -0.25) is 37.3 Å². The Morgan fingerprint density at radius 3 is 0.717 bits per heavy atom. The van der Waals surface area contributed by atoms with Gasteiger partial charge in [-0.05, 0) is 37.5 Å². The molecule has 0 radical (unpaired) electrons. The van der Waals surface area contributed by atoms with Gasteiger partial charge in [-0.2, -0.15) is 0 Å². The van der Waals surface area contributed by atoms with E-state index in [4.69, 9.17) is 37.0 Å². The average molecular weight is 1550 g/mol. The maximum Gasteiger partial charge on any atom is 0.472 e. The summed E-state index contributed by atoms with van der Waals surface area (Å²) in [7, 11) is -9.92. The topological polar surface area (TPSA) is 237 Å². The van der Waals surface area contributed by atoms with Gasteiger partial charge in [0.15, 0.2) is 12.2 Å². The van der Waals surface area contributed by atoms with Crippen molar-refractivity contribution < 1.29 is 80.2 Å². The van der Waals surface area contributed by atoms with Gasteiger partial charge in [0.2, 0.25) is 0 Å². The van der Waals surface area contributed by atoms with Crippen molar-refractivity contribution in [2.24, 2.45) is 11.8 Å². The molecule has 3 unspecified atom stereocenters. The van der Waals surface area contributed by atoms with Gasteiger partial charge in [0.1, 0.15) is 19.3 Å². The first kappa shape index (κ1) is 104. The van der Waals surface area contributed by atoms with Crippen LogP contribution in [0.3, 0.4) is 0 Å². The second-order valence-corrected chi connectivity index (χ2v) is 34.9. The zero-order chi connectivity index (χ0) is 77.8. The minimum Gasteiger partial charge on any atom is -0.462 e. The van der Waals surface area contributed by atoms with Crippen molar-refractivity contribution >= 4 is 39.5 Å². The lowest BCUT2D eigenvalue weighted by atomic mass is 9.99. The maximum atomic E-state index is 13.1. The van der Waals surface area contributed by atoms with Crippen LogP contribution in [-0.4, -0.2) is 96.7 Å². The molecule has 0 aromatic rings. The van der Waals surface area contributed by atoms with Crippen molar-refractivity contribution in [2.45, 2.75) is 484 Å². The second kappa shape index (κ2) is 78.3. The lowest BCUT2D eigenvalue weighted by Crippen LogP contribution is -2.30. The first-order valence-corrected chi connectivity index (χ1v) is 48.0. The molecule has 17 nitrogen and oxygen atoms in total. The van der Waals surface area contributed by atoms with E-state index in [0.29, 0.717) is 25.7 Å². The van der Waals surface area contributed by atoms with Crippen molar-refractivity contribution in [3.05, 3.63) is 0 Å². The molecule has 106 heavy (non-hydrogen) atoms. The third kappa shape index (κ3) is 78.7. The third-order valence-corrected chi connectivity index (χ3v) is 22.7. The largest absolute Gasteiger partial charge is 0.472 e. The Morgan fingerprint density at radius 2 is 0.481 bits per heavy atom. The van der Waals surface area contributed by atoms with Crippen LogP contribution in [0.25, 0.3) is 0 Å². The first-order chi connectivity index (χ1) is 51.4. The van der Waals surface area contributed by atoms with E-state index in [0.717, 1.165) is 115 Å². The summed E-state index contributed by atoms with van der Waals surface area (Å²) in [4.78, 5) is 73.1. The number of carbonyl (C=O) groups is 4. The van der Waals surface area contributed by atoms with E-state index in [1.54, 1.807) is 0 Å². The number of phosphoric acid groups is 2. The van der Waals surface area contributed by atoms with E-state index >= 15 is 0 Å². The van der Waals surface area contributed by atoms with Gasteiger partial charge >= 0.3 is 39.5 Å². The Labute approximate surface area is 651 Å². The summed E-state index contributed by atoms with van der Waals surface area (Å²) in [6.45, 7) is 9.72. The van der Waals surface area contributed by atoms with E-state index in [9.17, 15) is 43.2 Å². The molecule has 0 spiro atoms. The van der Waals surface area contributed by atoms with Crippen molar-refractivity contribution in [2.75, 3.05) is 39.6 Å². The molecule has 19 heteroatoms. The number of ether oxygens (including phenoxy) is 4. The molecule has 6 atom stereocenters. The van der Waals surface area contributed by atoms with Crippen LogP contribution in [0.2, 0.25) is 0 Å². The third-order valence-electron chi connectivity index (χ3n) is 20.8. The first-order valence-electron chi connectivity index (χ1n) is 45.0. The fraction of sp³-hybridized carbons (Fsp3) is 0.954. The minimum atomic E-state index is -4.97. The van der Waals surface area contributed by atoms with Crippen LogP contribution in [0.4, 0.5) is 0 Å². The van der Waals surface area contributed by atoms with Crippen LogP contribution >= 0.6 is 15.6 Å². The van der Waals surface area contributed by atoms with Gasteiger partial charge in [0, 0.05) is 25.7 Å². The summed E-state index contributed by atoms with van der Waals surface area (Å²) < 4.78 is 68.8. The highest BCUT2D eigenvalue weighted by Gasteiger charge is 2.30. The van der Waals surface area contributed by atoms with Crippen LogP contribution in [0, 0.1) is 11.8 Å². The van der Waals surface area contributed by atoms with E-state index in [-0.39, 0.29) is 25.7 Å². The highest BCUT2D eigenvalue weighted by atomic mass is 31.2. The van der Waals surface area contributed by atoms with Gasteiger partial charge in [-0.25, -0.2) is 9.13 Å². The molecule has 0 aliphatic heterocycles. The molecule has 0 bridgehead atoms. The van der Waals surface area contributed by atoms with E-state index in [1.807, 2.05) is 0 Å². The molecule has 0 aliphatic rings. The van der Waals surface area contributed by atoms with E-state index < -0.39 is 97.5 Å². The molecule has 0 aromatic carbocycles. The number of aliphatic hydroxyl groups excluding tert-OH is 1. The molecule has 0 saturated carbocycles. The number of phosphoric ester groups is 2. The number of hydrogen-bond acceptors (Lipinski definition) is 15. The standard InChI is InChI=1S/C87H170O17P2/c1-7-10-12-14-16-17-18-19-20-21-22-23-27-30-36-41-46-52-58-64-70-85(90)98-76-83(104-87(92)72-65-59-53-47-42-37-31-28-25-24-26-29-35-40-45-51-56-62-68-80(6)9-3)78-102-106(95,96)100-74-81(88)73-99-105(93,94)101-77-82(75-97-84(89)69-63-57-49-15-13-11-8-2)103-86(91)71-66-60-54-48-43-38-33-32-34-39-44-50-55-61-67-79(4)5/h79-83,88H,7-78H2,1-6H3,(H,93,94)(H,95,96)/t80?,81-,82+,83+/m0/s1. The predicted molar refractivity (Wildman–Crippen MR) is 437 cm³/mol. The lowest BCUT2D eigenvalue weighted by molar-refractivity contribution is -0.161. The molecular formula is C87H170O17P2. The molecule has 0 rings (SSSR count). The molecule has 0 amide bonds. The van der Waals surface area contributed by atoms with Crippen LogP contribution in [0.5, 0.6) is 0 Å². The molecule has 0 aromatic heterocycles. The number of hydrogen-bond donors (Lipinski definition) is 3. The Balaban J connectivity index is 5.16. The Morgan fingerprint density at radius 1 is 0.274 bits per heavy atom. The second-order valence-electron chi connectivity index (χ2n) is 32.0. The Bertz CT molecular complexity index is 2030. The highest BCUT2D eigenvalue weighted by Crippen LogP contribution is 2.45. The van der Waals surface area contributed by atoms with Crippen molar-refractivity contribution in [1.29, 1.82) is 0 Å². The average Bonchev–Trinajstić information content (AvgIpc) is 0.901. The van der Waals surface area contributed by atoms with Gasteiger partial charge in [0.05, 0.1) is 26.4 Å². The summed E-state index contributed by atoms with van der Waals surface area (Å²) in [6.07, 6.45) is 71.1. The summed E-state index contributed by atoms with van der Waals surface area (Å²) in [5, 5.41) is 10.7. The number of unbranched alkanes of at least 4 members (excludes halogenated alkanes) is 55. The quantitative estimate of drug-likeness (QED) is 0.0222. The van der Waals surface area contributed by atoms with Crippen molar-refractivity contribution in [1.82, 2.24) is 0 Å². The minimum absolute atomic E-state index is 0.107. The van der Waals surface area contributed by atoms with E-state index in [2.05, 4.69) is 41.5 Å². The van der Waals surface area contributed by atoms with Gasteiger partial charge in [-0.1, -0.05) is 414 Å². The van der Waals surface area contributed by atoms with Crippen molar-refractivity contribution in [3.8, 4) is 0 Å². The zero-order valence-electron chi connectivity index (χ0n) is 69.7. The normalized spacial score (nSPS) is 14.1. The fourth-order valence-corrected chi connectivity index (χ4v) is 15.1. The molecule has 3 N–H and O–H groups in total. The van der Waals surface area contributed by atoms with Gasteiger partial charge in [-0.15, -0.1) is 0 Å². The highest BCUT2D eigenvalue weighted by molar-refractivity contribution is 7.47. The fourth-order valence-electron chi connectivity index (χ4n) is 13.6. The monoisotopic (exact) mass is 1550 g/mol. The predicted octanol–water partition coefficient (Wildman–Crippen LogP) is 26.6.